The second-order valence-electron chi connectivity index (χ2n) is 8.31. The van der Waals surface area contributed by atoms with Gasteiger partial charge in [-0.3, -0.25) is 9.79 Å². The first-order chi connectivity index (χ1) is 16.1. The molecule has 2 aromatic carbocycles. The van der Waals surface area contributed by atoms with E-state index in [9.17, 15) is 14.0 Å². The van der Waals surface area contributed by atoms with Gasteiger partial charge in [-0.2, -0.15) is 0 Å². The van der Waals surface area contributed by atoms with E-state index < -0.39 is 29.2 Å². The predicted octanol–water partition coefficient (Wildman–Crippen LogP) is 6.88. The Morgan fingerprint density at radius 3 is 2.53 bits per heavy atom. The van der Waals surface area contributed by atoms with Gasteiger partial charge in [0.25, 0.3) is 5.91 Å². The highest BCUT2D eigenvalue weighted by molar-refractivity contribution is 7.15. The van der Waals surface area contributed by atoms with Crippen LogP contribution in [0, 0.1) is 11.2 Å². The number of rotatable bonds is 7. The van der Waals surface area contributed by atoms with Crippen LogP contribution < -0.4 is 5.32 Å². The summed E-state index contributed by atoms with van der Waals surface area (Å²) in [6, 6.07) is 12.1. The average Bonchev–Trinajstić information content (AvgIpc) is 3.17. The van der Waals surface area contributed by atoms with Gasteiger partial charge in [0.15, 0.2) is 0 Å². The number of nitrogens with zero attached hydrogens (tertiary/aromatic N) is 1. The number of hydrogen-bond donors (Lipinski definition) is 2. The van der Waals surface area contributed by atoms with Gasteiger partial charge in [-0.15, -0.1) is 11.3 Å². The fourth-order valence-corrected chi connectivity index (χ4v) is 4.08. The van der Waals surface area contributed by atoms with Crippen LogP contribution in [0.2, 0.25) is 5.02 Å². The minimum Gasteiger partial charge on any atom is -0.456 e. The maximum absolute atomic E-state index is 13.6. The molecule has 34 heavy (non-hydrogen) atoms. The number of amides is 1. The van der Waals surface area contributed by atoms with Gasteiger partial charge in [-0.1, -0.05) is 17.7 Å². The van der Waals surface area contributed by atoms with Gasteiger partial charge in [0.2, 0.25) is 0 Å². The fourth-order valence-electron chi connectivity index (χ4n) is 2.96. The molecule has 0 aliphatic carbocycles. The molecule has 1 heterocycles. The zero-order chi connectivity index (χ0) is 24.9. The molecule has 6 nitrogen and oxygen atoms in total. The van der Waals surface area contributed by atoms with Gasteiger partial charge < -0.3 is 15.5 Å². The molecule has 1 atom stereocenters. The largest absolute Gasteiger partial charge is 0.456 e. The molecule has 3 aromatic rings. The quantitative estimate of drug-likeness (QED) is 0.274. The Morgan fingerprint density at radius 1 is 1.21 bits per heavy atom. The lowest BCUT2D eigenvalue weighted by Gasteiger charge is -2.21. The predicted molar refractivity (Wildman–Crippen MR) is 135 cm³/mol. The molecule has 0 bridgehead atoms. The standard InChI is InChI=1S/C25H23ClFN3O3S/c1-25(2,3)33-24(32)21-20(16(12-28)13-29-19-9-7-17(26)8-10-19)14-34-23(21)30-22(31)15-5-4-6-18(27)11-15/h4-14,16,28H,1-3H3,(H,30,31). The van der Waals surface area contributed by atoms with Crippen LogP contribution in [-0.4, -0.2) is 29.9 Å². The van der Waals surface area contributed by atoms with Gasteiger partial charge >= 0.3 is 5.97 Å². The van der Waals surface area contributed by atoms with Crippen LogP contribution in [0.25, 0.3) is 0 Å². The molecule has 1 unspecified atom stereocenters. The van der Waals surface area contributed by atoms with E-state index in [-0.39, 0.29) is 16.1 Å². The van der Waals surface area contributed by atoms with Crippen LogP contribution in [0.1, 0.15) is 53.0 Å². The van der Waals surface area contributed by atoms with Gasteiger partial charge in [0, 0.05) is 23.0 Å². The Labute approximate surface area is 206 Å². The van der Waals surface area contributed by atoms with Crippen LogP contribution in [0.3, 0.4) is 0 Å². The Morgan fingerprint density at radius 2 is 1.91 bits per heavy atom. The maximum Gasteiger partial charge on any atom is 0.341 e. The van der Waals surface area contributed by atoms with Crippen molar-refractivity contribution < 1.29 is 18.7 Å². The van der Waals surface area contributed by atoms with Gasteiger partial charge in [0.05, 0.1) is 17.2 Å². The fraction of sp³-hybridized carbons (Fsp3) is 0.200. The van der Waals surface area contributed by atoms with Crippen molar-refractivity contribution in [3.8, 4) is 0 Å². The summed E-state index contributed by atoms with van der Waals surface area (Å²) < 4.78 is 19.1. The smallest absolute Gasteiger partial charge is 0.341 e. The number of carbonyl (C=O) groups excluding carboxylic acids is 2. The van der Waals surface area contributed by atoms with Gasteiger partial charge in [0.1, 0.15) is 16.4 Å². The Balaban J connectivity index is 1.97. The molecule has 0 aliphatic heterocycles. The molecular weight excluding hydrogens is 477 g/mol. The molecular formula is C25H23ClFN3O3S. The average molecular weight is 500 g/mol. The number of ether oxygens (including phenoxy) is 1. The lowest BCUT2D eigenvalue weighted by molar-refractivity contribution is 0.00703. The van der Waals surface area contributed by atoms with Crippen LogP contribution >= 0.6 is 22.9 Å². The monoisotopic (exact) mass is 499 g/mol. The van der Waals surface area contributed by atoms with Crippen LogP contribution in [0.4, 0.5) is 15.1 Å². The van der Waals surface area contributed by atoms with Crippen molar-refractivity contribution in [2.45, 2.75) is 32.3 Å². The summed E-state index contributed by atoms with van der Waals surface area (Å²) in [5.74, 6) is -2.42. The Bertz CT molecular complexity index is 1230. The number of carbonyl (C=O) groups is 2. The van der Waals surface area contributed by atoms with Crippen molar-refractivity contribution in [3.05, 3.63) is 81.4 Å². The molecule has 0 radical (unpaired) electrons. The minimum absolute atomic E-state index is 0.109. The lowest BCUT2D eigenvalue weighted by atomic mass is 9.99. The normalized spacial score (nSPS) is 12.4. The molecule has 0 saturated carbocycles. The lowest BCUT2D eigenvalue weighted by Crippen LogP contribution is -2.25. The summed E-state index contributed by atoms with van der Waals surface area (Å²) in [6.07, 6.45) is 2.68. The van der Waals surface area contributed by atoms with Crippen molar-refractivity contribution in [3.63, 3.8) is 0 Å². The molecule has 0 aliphatic rings. The van der Waals surface area contributed by atoms with Crippen LogP contribution in [0.15, 0.2) is 58.9 Å². The SMILES string of the molecule is CC(C)(C)OC(=O)c1c(C(C=N)C=Nc2ccc(Cl)cc2)csc1NC(=O)c1cccc(F)c1. The highest BCUT2D eigenvalue weighted by Gasteiger charge is 2.28. The van der Waals surface area contributed by atoms with E-state index >= 15 is 0 Å². The molecule has 0 spiro atoms. The van der Waals surface area contributed by atoms with Crippen molar-refractivity contribution >= 4 is 57.9 Å². The van der Waals surface area contributed by atoms with E-state index in [1.807, 2.05) is 0 Å². The second kappa shape index (κ2) is 10.7. The van der Waals surface area contributed by atoms with E-state index in [2.05, 4.69) is 10.3 Å². The first-order valence-electron chi connectivity index (χ1n) is 10.3. The first kappa shape index (κ1) is 25.3. The summed E-state index contributed by atoms with van der Waals surface area (Å²) in [6.45, 7) is 5.20. The van der Waals surface area contributed by atoms with Crippen molar-refractivity contribution in [2.75, 3.05) is 5.32 Å². The third kappa shape index (κ3) is 6.59. The number of esters is 1. The molecule has 9 heteroatoms. The molecule has 3 rings (SSSR count). The Kier molecular flexibility index (Phi) is 7.96. The van der Waals surface area contributed by atoms with Crippen LogP contribution in [0.5, 0.6) is 0 Å². The number of halogens is 2. The highest BCUT2D eigenvalue weighted by Crippen LogP contribution is 2.34. The molecule has 0 saturated heterocycles. The number of thiophene rings is 1. The highest BCUT2D eigenvalue weighted by atomic mass is 35.5. The maximum atomic E-state index is 13.6. The number of benzene rings is 2. The van der Waals surface area contributed by atoms with Crippen molar-refractivity contribution in [1.82, 2.24) is 0 Å². The van der Waals surface area contributed by atoms with Crippen molar-refractivity contribution in [1.29, 1.82) is 5.41 Å². The number of anilines is 1. The summed E-state index contributed by atoms with van der Waals surface area (Å²) in [5.41, 5.74) is 0.544. The first-order valence-corrected chi connectivity index (χ1v) is 11.5. The summed E-state index contributed by atoms with van der Waals surface area (Å²) in [4.78, 5) is 30.2. The van der Waals surface area contributed by atoms with Crippen molar-refractivity contribution in [2.24, 2.45) is 4.99 Å². The number of hydrogen-bond acceptors (Lipinski definition) is 6. The molecule has 176 valence electrons. The summed E-state index contributed by atoms with van der Waals surface area (Å²) in [5, 5.41) is 13.1. The molecule has 0 fully saturated rings. The zero-order valence-electron chi connectivity index (χ0n) is 18.8. The van der Waals surface area contributed by atoms with Crippen LogP contribution in [-0.2, 0) is 4.74 Å². The van der Waals surface area contributed by atoms with E-state index in [0.717, 1.165) is 23.6 Å². The summed E-state index contributed by atoms with van der Waals surface area (Å²) >= 11 is 7.03. The Hall–Kier alpha value is -3.36. The van der Waals surface area contributed by atoms with E-state index in [4.69, 9.17) is 21.7 Å². The molecule has 1 aromatic heterocycles. The third-order valence-electron chi connectivity index (χ3n) is 4.49. The van der Waals surface area contributed by atoms with E-state index in [0.29, 0.717) is 16.3 Å². The van der Waals surface area contributed by atoms with E-state index in [1.165, 1.54) is 24.4 Å². The topological polar surface area (TPSA) is 91.6 Å². The van der Waals surface area contributed by atoms with E-state index in [1.54, 1.807) is 50.4 Å². The molecule has 2 N–H and O–H groups in total. The van der Waals surface area contributed by atoms with Gasteiger partial charge in [-0.05, 0) is 74.2 Å². The number of nitrogens with one attached hydrogen (secondary N) is 2. The molecule has 1 amide bonds. The zero-order valence-corrected chi connectivity index (χ0v) is 20.3. The number of aliphatic imine (C=N–C) groups is 1. The second-order valence-corrected chi connectivity index (χ2v) is 9.62. The third-order valence-corrected chi connectivity index (χ3v) is 5.65. The van der Waals surface area contributed by atoms with Gasteiger partial charge in [-0.25, -0.2) is 9.18 Å². The minimum atomic E-state index is -0.780. The summed E-state index contributed by atoms with van der Waals surface area (Å²) in [7, 11) is 0.